The van der Waals surface area contributed by atoms with Gasteiger partial charge in [0, 0.05) is 11.3 Å². The van der Waals surface area contributed by atoms with Crippen molar-refractivity contribution in [3.8, 4) is 0 Å². The molecule has 0 aliphatic carbocycles. The summed E-state index contributed by atoms with van der Waals surface area (Å²) in [4.78, 5) is 24.4. The largest absolute Gasteiger partial charge is 0.343 e. The molecule has 0 aromatic heterocycles. The summed E-state index contributed by atoms with van der Waals surface area (Å²) in [5, 5.41) is 5.22. The van der Waals surface area contributed by atoms with E-state index in [1.807, 2.05) is 12.1 Å². The van der Waals surface area contributed by atoms with E-state index in [4.69, 9.17) is 0 Å². The molecular weight excluding hydrogens is 390 g/mol. The molecule has 2 aromatic rings. The molecule has 0 bridgehead atoms. The van der Waals surface area contributed by atoms with Gasteiger partial charge >= 0.3 is 0 Å². The third kappa shape index (κ3) is 6.90. The maximum atomic E-state index is 12.3. The first kappa shape index (κ1) is 22.4. The number of carbonyl (C=O) groups excluding carboxylic acids is 2. The Bertz CT molecular complexity index is 1010. The van der Waals surface area contributed by atoms with Gasteiger partial charge in [-0.2, -0.15) is 0 Å². The summed E-state index contributed by atoms with van der Waals surface area (Å²) < 4.78 is 25.3. The molecule has 0 radical (unpaired) electrons. The predicted octanol–water partition coefficient (Wildman–Crippen LogP) is 3.03. The zero-order chi connectivity index (χ0) is 21.8. The third-order valence-electron chi connectivity index (χ3n) is 4.24. The summed E-state index contributed by atoms with van der Waals surface area (Å²) in [7, 11) is -3.43. The van der Waals surface area contributed by atoms with Gasteiger partial charge in [-0.25, -0.2) is 8.42 Å². The molecule has 7 nitrogen and oxygen atoms in total. The van der Waals surface area contributed by atoms with Gasteiger partial charge in [-0.15, -0.1) is 0 Å². The van der Waals surface area contributed by atoms with Gasteiger partial charge < -0.3 is 10.6 Å². The zero-order valence-electron chi connectivity index (χ0n) is 17.3. The minimum Gasteiger partial charge on any atom is -0.343 e. The van der Waals surface area contributed by atoms with Gasteiger partial charge in [0.2, 0.25) is 15.9 Å². The first-order valence-electron chi connectivity index (χ1n) is 9.12. The van der Waals surface area contributed by atoms with Crippen LogP contribution in [0.25, 0.3) is 0 Å². The lowest BCUT2D eigenvalue weighted by atomic mass is 9.87. The van der Waals surface area contributed by atoms with Gasteiger partial charge in [0.05, 0.1) is 18.5 Å². The van der Waals surface area contributed by atoms with E-state index in [1.165, 1.54) is 6.07 Å². The standard InChI is InChI=1S/C21H27N3O4S/c1-14-6-11-17(12-18(14)24-29(5,27)28)23-19(25)13-22-20(26)15-7-9-16(10-8-15)21(2,3)4/h6-12,24H,13H2,1-5H3,(H,22,26)(H,23,25). The van der Waals surface area contributed by atoms with Crippen LogP contribution in [0.15, 0.2) is 42.5 Å². The lowest BCUT2D eigenvalue weighted by Crippen LogP contribution is -2.32. The van der Waals surface area contributed by atoms with Crippen LogP contribution in [0.2, 0.25) is 0 Å². The van der Waals surface area contributed by atoms with Crippen molar-refractivity contribution in [1.82, 2.24) is 5.32 Å². The van der Waals surface area contributed by atoms with E-state index >= 15 is 0 Å². The van der Waals surface area contributed by atoms with Crippen molar-refractivity contribution in [3.05, 3.63) is 59.2 Å². The molecule has 0 atom stereocenters. The molecule has 8 heteroatoms. The van der Waals surface area contributed by atoms with Crippen LogP contribution in [-0.4, -0.2) is 33.0 Å². The van der Waals surface area contributed by atoms with Crippen molar-refractivity contribution >= 4 is 33.2 Å². The molecule has 2 aromatic carbocycles. The van der Waals surface area contributed by atoms with E-state index in [1.54, 1.807) is 31.2 Å². The summed E-state index contributed by atoms with van der Waals surface area (Å²) in [6, 6.07) is 12.1. The zero-order valence-corrected chi connectivity index (χ0v) is 18.1. The van der Waals surface area contributed by atoms with Crippen molar-refractivity contribution in [2.45, 2.75) is 33.1 Å². The molecule has 0 aliphatic heterocycles. The van der Waals surface area contributed by atoms with Gasteiger partial charge in [0.1, 0.15) is 0 Å². The molecule has 0 fully saturated rings. The molecule has 2 amide bonds. The fraction of sp³-hybridized carbons (Fsp3) is 0.333. The number of nitrogens with one attached hydrogen (secondary N) is 3. The molecule has 0 saturated carbocycles. The summed E-state index contributed by atoms with van der Waals surface area (Å²) in [6.07, 6.45) is 1.06. The molecule has 29 heavy (non-hydrogen) atoms. The molecule has 0 saturated heterocycles. The Labute approximate surface area is 172 Å². The van der Waals surface area contributed by atoms with E-state index in [0.717, 1.165) is 17.4 Å². The van der Waals surface area contributed by atoms with E-state index in [-0.39, 0.29) is 17.9 Å². The van der Waals surface area contributed by atoms with Gasteiger partial charge in [0.15, 0.2) is 0 Å². The lowest BCUT2D eigenvalue weighted by molar-refractivity contribution is -0.115. The Kier molecular flexibility index (Phi) is 6.69. The molecule has 156 valence electrons. The van der Waals surface area contributed by atoms with Crippen molar-refractivity contribution in [2.24, 2.45) is 0 Å². The average Bonchev–Trinajstić information content (AvgIpc) is 2.60. The molecule has 0 unspecified atom stereocenters. The van der Waals surface area contributed by atoms with E-state index in [9.17, 15) is 18.0 Å². The van der Waals surface area contributed by atoms with Gasteiger partial charge in [-0.05, 0) is 47.7 Å². The third-order valence-corrected chi connectivity index (χ3v) is 4.83. The molecule has 0 heterocycles. The molecule has 3 N–H and O–H groups in total. The van der Waals surface area contributed by atoms with Crippen LogP contribution >= 0.6 is 0 Å². The van der Waals surface area contributed by atoms with Crippen LogP contribution in [0.1, 0.15) is 42.3 Å². The second-order valence-corrected chi connectivity index (χ2v) is 9.71. The monoisotopic (exact) mass is 417 g/mol. The first-order chi connectivity index (χ1) is 13.3. The second kappa shape index (κ2) is 8.65. The number of benzene rings is 2. The number of hydrogen-bond donors (Lipinski definition) is 3. The highest BCUT2D eigenvalue weighted by atomic mass is 32.2. The summed E-state index contributed by atoms with van der Waals surface area (Å²) >= 11 is 0. The Morgan fingerprint density at radius 1 is 1.00 bits per heavy atom. The number of rotatable bonds is 6. The van der Waals surface area contributed by atoms with Crippen molar-refractivity contribution in [2.75, 3.05) is 22.8 Å². The fourth-order valence-electron chi connectivity index (χ4n) is 2.60. The first-order valence-corrected chi connectivity index (χ1v) is 11.0. The lowest BCUT2D eigenvalue weighted by Gasteiger charge is -2.19. The average molecular weight is 418 g/mol. The summed E-state index contributed by atoms with van der Waals surface area (Å²) in [5.41, 5.74) is 3.11. The van der Waals surface area contributed by atoms with Crippen molar-refractivity contribution < 1.29 is 18.0 Å². The van der Waals surface area contributed by atoms with Crippen LogP contribution in [0, 0.1) is 6.92 Å². The molecular formula is C21H27N3O4S. The van der Waals surface area contributed by atoms with Crippen LogP contribution < -0.4 is 15.4 Å². The minimum absolute atomic E-state index is 0.00620. The SMILES string of the molecule is Cc1ccc(NC(=O)CNC(=O)c2ccc(C(C)(C)C)cc2)cc1NS(C)(=O)=O. The number of hydrogen-bond acceptors (Lipinski definition) is 4. The molecule has 0 aliphatic rings. The quantitative estimate of drug-likeness (QED) is 0.672. The smallest absolute Gasteiger partial charge is 0.251 e. The predicted molar refractivity (Wildman–Crippen MR) is 116 cm³/mol. The number of amides is 2. The number of carbonyl (C=O) groups is 2. The fourth-order valence-corrected chi connectivity index (χ4v) is 3.22. The number of aryl methyl sites for hydroxylation is 1. The molecule has 0 spiro atoms. The van der Waals surface area contributed by atoms with Gasteiger partial charge in [0.25, 0.3) is 5.91 Å². The van der Waals surface area contributed by atoms with E-state index in [2.05, 4.69) is 36.1 Å². The van der Waals surface area contributed by atoms with Crippen molar-refractivity contribution in [3.63, 3.8) is 0 Å². The van der Waals surface area contributed by atoms with E-state index in [0.29, 0.717) is 16.9 Å². The highest BCUT2D eigenvalue weighted by molar-refractivity contribution is 7.92. The van der Waals surface area contributed by atoms with Crippen LogP contribution in [-0.2, 0) is 20.2 Å². The summed E-state index contributed by atoms with van der Waals surface area (Å²) in [6.45, 7) is 7.82. The van der Waals surface area contributed by atoms with Crippen LogP contribution in [0.4, 0.5) is 11.4 Å². The van der Waals surface area contributed by atoms with Crippen LogP contribution in [0.5, 0.6) is 0 Å². The highest BCUT2D eigenvalue weighted by Gasteiger charge is 2.15. The Morgan fingerprint density at radius 2 is 1.62 bits per heavy atom. The Hall–Kier alpha value is -2.87. The normalized spacial score (nSPS) is 11.6. The topological polar surface area (TPSA) is 104 Å². The maximum absolute atomic E-state index is 12.3. The summed E-state index contributed by atoms with van der Waals surface area (Å²) in [5.74, 6) is -0.761. The Balaban J connectivity index is 1.96. The number of sulfonamides is 1. The minimum atomic E-state index is -3.43. The second-order valence-electron chi connectivity index (χ2n) is 7.96. The van der Waals surface area contributed by atoms with Gasteiger partial charge in [-0.1, -0.05) is 39.0 Å². The number of anilines is 2. The highest BCUT2D eigenvalue weighted by Crippen LogP contribution is 2.22. The molecule has 2 rings (SSSR count). The van der Waals surface area contributed by atoms with Crippen molar-refractivity contribution in [1.29, 1.82) is 0 Å². The Morgan fingerprint density at radius 3 is 2.17 bits per heavy atom. The maximum Gasteiger partial charge on any atom is 0.251 e. The van der Waals surface area contributed by atoms with E-state index < -0.39 is 15.9 Å². The van der Waals surface area contributed by atoms with Gasteiger partial charge in [-0.3, -0.25) is 14.3 Å². The van der Waals surface area contributed by atoms with Crippen LogP contribution in [0.3, 0.4) is 0 Å².